The third-order valence-electron chi connectivity index (χ3n) is 2.10. The fourth-order valence-electron chi connectivity index (χ4n) is 0.895. The van der Waals surface area contributed by atoms with Gasteiger partial charge in [-0.15, -0.1) is 0 Å². The maximum atomic E-state index is 5.22. The van der Waals surface area contributed by atoms with Crippen molar-refractivity contribution >= 4 is 0 Å². The Morgan fingerprint density at radius 3 is 2.56 bits per heavy atom. The summed E-state index contributed by atoms with van der Waals surface area (Å²) in [6.07, 6.45) is 1.12. The molecule has 0 aromatic heterocycles. The Kier molecular flexibility index (Phi) is 1.62. The van der Waals surface area contributed by atoms with Gasteiger partial charge in [-0.1, -0.05) is 20.4 Å². The number of ether oxygens (including phenoxy) is 1. The lowest BCUT2D eigenvalue weighted by Crippen LogP contribution is -2.25. The fraction of sp³-hybridized carbons (Fsp3) is 0.750. The summed E-state index contributed by atoms with van der Waals surface area (Å²) in [6.45, 7) is 10.0. The number of hydrogen-bond donors (Lipinski definition) is 0. The minimum atomic E-state index is 0.318. The molecule has 0 amide bonds. The average molecular weight is 126 g/mol. The molecule has 1 rings (SSSR count). The Morgan fingerprint density at radius 2 is 2.22 bits per heavy atom. The van der Waals surface area contributed by atoms with E-state index in [0.717, 1.165) is 19.6 Å². The highest BCUT2D eigenvalue weighted by atomic mass is 16.5. The van der Waals surface area contributed by atoms with Crippen molar-refractivity contribution < 1.29 is 4.74 Å². The van der Waals surface area contributed by atoms with Gasteiger partial charge in [0.25, 0.3) is 0 Å². The Bertz CT molecular complexity index is 125. The number of hydrogen-bond acceptors (Lipinski definition) is 1. The van der Waals surface area contributed by atoms with Crippen LogP contribution in [0.1, 0.15) is 20.3 Å². The molecule has 0 bridgehead atoms. The lowest BCUT2D eigenvalue weighted by molar-refractivity contribution is 0.0817. The second-order valence-electron chi connectivity index (χ2n) is 3.29. The van der Waals surface area contributed by atoms with Crippen LogP contribution in [0.4, 0.5) is 0 Å². The largest absolute Gasteiger partial charge is 0.377 e. The highest BCUT2D eigenvalue weighted by Gasteiger charge is 2.24. The van der Waals surface area contributed by atoms with Gasteiger partial charge in [-0.05, 0) is 17.4 Å². The van der Waals surface area contributed by atoms with Crippen LogP contribution < -0.4 is 0 Å². The second kappa shape index (κ2) is 2.14. The zero-order valence-electron chi connectivity index (χ0n) is 6.24. The van der Waals surface area contributed by atoms with Crippen molar-refractivity contribution in [3.05, 3.63) is 12.2 Å². The molecule has 1 saturated heterocycles. The number of rotatable bonds is 0. The van der Waals surface area contributed by atoms with E-state index < -0.39 is 0 Å². The van der Waals surface area contributed by atoms with Gasteiger partial charge in [0, 0.05) is 6.61 Å². The molecule has 1 nitrogen and oxygen atoms in total. The summed E-state index contributed by atoms with van der Waals surface area (Å²) in [7, 11) is 0. The predicted octanol–water partition coefficient (Wildman–Crippen LogP) is 1.99. The van der Waals surface area contributed by atoms with Crippen molar-refractivity contribution in [2.24, 2.45) is 5.41 Å². The van der Waals surface area contributed by atoms with Crippen LogP contribution in [-0.4, -0.2) is 13.2 Å². The molecule has 1 aliphatic heterocycles. The third kappa shape index (κ3) is 1.33. The van der Waals surface area contributed by atoms with Crippen molar-refractivity contribution in [3.63, 3.8) is 0 Å². The standard InChI is InChI=1S/C8H14O/c1-7-6-9-5-4-8(7,2)3/h1,4-6H2,2-3H3. The van der Waals surface area contributed by atoms with Crippen LogP contribution in [0, 0.1) is 5.41 Å². The van der Waals surface area contributed by atoms with Crippen LogP contribution in [-0.2, 0) is 4.74 Å². The molecule has 0 unspecified atom stereocenters. The highest BCUT2D eigenvalue weighted by Crippen LogP contribution is 2.32. The van der Waals surface area contributed by atoms with Crippen molar-refractivity contribution in [3.8, 4) is 0 Å². The first-order valence-electron chi connectivity index (χ1n) is 3.39. The molecule has 0 spiro atoms. The molecule has 0 atom stereocenters. The first kappa shape index (κ1) is 6.81. The van der Waals surface area contributed by atoms with Gasteiger partial charge >= 0.3 is 0 Å². The van der Waals surface area contributed by atoms with Crippen molar-refractivity contribution in [1.82, 2.24) is 0 Å². The monoisotopic (exact) mass is 126 g/mol. The minimum absolute atomic E-state index is 0.318. The van der Waals surface area contributed by atoms with E-state index >= 15 is 0 Å². The van der Waals surface area contributed by atoms with Gasteiger partial charge in [0.15, 0.2) is 0 Å². The van der Waals surface area contributed by atoms with Gasteiger partial charge < -0.3 is 4.74 Å². The third-order valence-corrected chi connectivity index (χ3v) is 2.10. The molecule has 0 aromatic rings. The zero-order valence-corrected chi connectivity index (χ0v) is 6.24. The van der Waals surface area contributed by atoms with Crippen LogP contribution in [0.15, 0.2) is 12.2 Å². The smallest absolute Gasteiger partial charge is 0.0679 e. The molecule has 0 aromatic carbocycles. The summed E-state index contributed by atoms with van der Waals surface area (Å²) < 4.78 is 5.22. The predicted molar refractivity (Wildman–Crippen MR) is 38.4 cm³/mol. The van der Waals surface area contributed by atoms with Gasteiger partial charge in [0.1, 0.15) is 0 Å². The average Bonchev–Trinajstić information content (AvgIpc) is 1.77. The summed E-state index contributed by atoms with van der Waals surface area (Å²) in [6, 6.07) is 0. The van der Waals surface area contributed by atoms with Crippen LogP contribution in [0.25, 0.3) is 0 Å². The molecule has 0 N–H and O–H groups in total. The first-order valence-corrected chi connectivity index (χ1v) is 3.39. The molecule has 0 radical (unpaired) electrons. The molecular formula is C8H14O. The summed E-state index contributed by atoms with van der Waals surface area (Å²) in [5.74, 6) is 0. The Balaban J connectivity index is 2.60. The van der Waals surface area contributed by atoms with E-state index in [9.17, 15) is 0 Å². The minimum Gasteiger partial charge on any atom is -0.377 e. The Hall–Kier alpha value is -0.300. The maximum Gasteiger partial charge on any atom is 0.0679 e. The molecule has 52 valence electrons. The maximum absolute atomic E-state index is 5.22. The summed E-state index contributed by atoms with van der Waals surface area (Å²) in [5.41, 5.74) is 1.55. The second-order valence-corrected chi connectivity index (χ2v) is 3.29. The van der Waals surface area contributed by atoms with Crippen LogP contribution in [0.5, 0.6) is 0 Å². The molecular weight excluding hydrogens is 112 g/mol. The van der Waals surface area contributed by atoms with Crippen molar-refractivity contribution in [2.45, 2.75) is 20.3 Å². The van der Waals surface area contributed by atoms with E-state index in [2.05, 4.69) is 20.4 Å². The van der Waals surface area contributed by atoms with Crippen LogP contribution in [0.3, 0.4) is 0 Å². The lowest BCUT2D eigenvalue weighted by Gasteiger charge is -2.31. The van der Waals surface area contributed by atoms with Crippen LogP contribution >= 0.6 is 0 Å². The molecule has 1 heteroatoms. The topological polar surface area (TPSA) is 9.23 Å². The van der Waals surface area contributed by atoms with Gasteiger partial charge in [0.2, 0.25) is 0 Å². The normalized spacial score (nSPS) is 26.2. The molecule has 0 aliphatic carbocycles. The zero-order chi connectivity index (χ0) is 6.91. The van der Waals surface area contributed by atoms with Gasteiger partial charge in [-0.25, -0.2) is 0 Å². The van der Waals surface area contributed by atoms with Gasteiger partial charge in [-0.3, -0.25) is 0 Å². The molecule has 9 heavy (non-hydrogen) atoms. The molecule has 1 heterocycles. The van der Waals surface area contributed by atoms with E-state index in [-0.39, 0.29) is 0 Å². The SMILES string of the molecule is C=C1COCCC1(C)C. The quantitative estimate of drug-likeness (QED) is 0.451. The summed E-state index contributed by atoms with van der Waals surface area (Å²) in [5, 5.41) is 0. The first-order chi connectivity index (χ1) is 4.13. The van der Waals surface area contributed by atoms with E-state index in [0.29, 0.717) is 5.41 Å². The van der Waals surface area contributed by atoms with Crippen molar-refractivity contribution in [1.29, 1.82) is 0 Å². The fourth-order valence-corrected chi connectivity index (χ4v) is 0.895. The van der Waals surface area contributed by atoms with Crippen LogP contribution in [0.2, 0.25) is 0 Å². The van der Waals surface area contributed by atoms with Gasteiger partial charge in [0.05, 0.1) is 6.61 Å². The van der Waals surface area contributed by atoms with E-state index in [1.165, 1.54) is 5.57 Å². The highest BCUT2D eigenvalue weighted by molar-refractivity contribution is 5.08. The van der Waals surface area contributed by atoms with Crippen molar-refractivity contribution in [2.75, 3.05) is 13.2 Å². The Morgan fingerprint density at radius 1 is 1.56 bits per heavy atom. The summed E-state index contributed by atoms with van der Waals surface area (Å²) >= 11 is 0. The van der Waals surface area contributed by atoms with E-state index in [1.807, 2.05) is 0 Å². The summed E-state index contributed by atoms with van der Waals surface area (Å²) in [4.78, 5) is 0. The van der Waals surface area contributed by atoms with E-state index in [1.54, 1.807) is 0 Å². The molecule has 1 aliphatic rings. The molecule has 1 fully saturated rings. The van der Waals surface area contributed by atoms with E-state index in [4.69, 9.17) is 4.74 Å². The van der Waals surface area contributed by atoms with Gasteiger partial charge in [-0.2, -0.15) is 0 Å². The molecule has 0 saturated carbocycles. The lowest BCUT2D eigenvalue weighted by atomic mass is 9.81. The Labute approximate surface area is 56.7 Å².